The van der Waals surface area contributed by atoms with Crippen LogP contribution in [0.25, 0.3) is 12.2 Å². The highest BCUT2D eigenvalue weighted by molar-refractivity contribution is 6.20. The average Bonchev–Trinajstić information content (AvgIpc) is 3.59. The molecule has 2 N–H and O–H groups in total. The minimum absolute atomic E-state index is 0.0193. The number of rotatable bonds is 2. The number of nitrogens with zero attached hydrogens (tertiary/aromatic N) is 2. The summed E-state index contributed by atoms with van der Waals surface area (Å²) in [6.07, 6.45) is 18.4. The summed E-state index contributed by atoms with van der Waals surface area (Å²) in [4.78, 5) is 26.5. The van der Waals surface area contributed by atoms with E-state index in [4.69, 9.17) is 9.98 Å². The summed E-state index contributed by atoms with van der Waals surface area (Å²) in [7, 11) is 0. The summed E-state index contributed by atoms with van der Waals surface area (Å²) in [5, 5.41) is 5.42. The Bertz CT molecular complexity index is 1480. The number of benzene rings is 1. The van der Waals surface area contributed by atoms with E-state index in [0.29, 0.717) is 12.0 Å². The van der Waals surface area contributed by atoms with Gasteiger partial charge < -0.3 is 10.3 Å². The van der Waals surface area contributed by atoms with Crippen molar-refractivity contribution in [2.24, 2.45) is 9.98 Å². The lowest BCUT2D eigenvalue weighted by molar-refractivity contribution is 0.0908. The molecule has 0 radical (unpaired) electrons. The summed E-state index contributed by atoms with van der Waals surface area (Å²) in [5.41, 5.74) is 3.97. The van der Waals surface area contributed by atoms with Crippen molar-refractivity contribution in [1.29, 1.82) is 0 Å². The smallest absolute Gasteiger partial charge is 0.192 e. The maximum atomic E-state index is 13.6. The molecule has 5 heteroatoms. The van der Waals surface area contributed by atoms with Crippen LogP contribution in [0, 0.1) is 0 Å². The SMILES string of the molecule is O=C(c1ccccc1)C12/C=C3/C=CC(=N3)/C=c3/cc/c([nH]3)=C/C3=NC(=C\C(=CC1)N2)/C=C3. The van der Waals surface area contributed by atoms with Crippen LogP contribution >= 0.6 is 0 Å². The molecule has 1 aromatic heterocycles. The van der Waals surface area contributed by atoms with Gasteiger partial charge in [-0.05, 0) is 60.7 Å². The number of aromatic amines is 1. The molecule has 32 heavy (non-hydrogen) atoms. The van der Waals surface area contributed by atoms with Gasteiger partial charge in [0.05, 0.1) is 22.8 Å². The number of aliphatic imine (C=N–C) groups is 2. The quantitative estimate of drug-likeness (QED) is 0.740. The number of H-pyrrole nitrogens is 1. The summed E-state index contributed by atoms with van der Waals surface area (Å²) in [5.74, 6) is 0.0193. The number of allylic oxidation sites excluding steroid dienone is 5. The van der Waals surface area contributed by atoms with Crippen molar-refractivity contribution in [3.05, 3.63) is 118 Å². The molecule has 0 saturated carbocycles. The fourth-order valence-corrected chi connectivity index (χ4v) is 4.32. The number of fused-ring (bicyclic) bond motifs is 6. The van der Waals surface area contributed by atoms with Crippen molar-refractivity contribution >= 4 is 29.4 Å². The van der Waals surface area contributed by atoms with E-state index in [2.05, 4.69) is 16.4 Å². The number of nitrogens with one attached hydrogen (secondary N) is 2. The lowest BCUT2D eigenvalue weighted by Crippen LogP contribution is -2.46. The van der Waals surface area contributed by atoms with Crippen molar-refractivity contribution < 1.29 is 4.79 Å². The summed E-state index contributed by atoms with van der Waals surface area (Å²) in [6.45, 7) is 0. The second-order valence-corrected chi connectivity index (χ2v) is 8.19. The second kappa shape index (κ2) is 7.17. The standard InChI is InChI=1S/C27H20N4O/c32-26(18-4-2-1-3-5-18)27-13-12-24(31-27)16-23-9-8-20(29-23)14-19-6-7-21(28-19)15-22-10-11-25(17-27)30-22/h1-12,14-17,28,31H,13H2/b19-14-,21-15-,23-16-,25-17-. The molecule has 0 aliphatic carbocycles. The van der Waals surface area contributed by atoms with Crippen molar-refractivity contribution in [3.8, 4) is 0 Å². The number of carbonyl (C=O) groups excluding carboxylic acids is 1. The third-order valence-electron chi connectivity index (χ3n) is 5.85. The zero-order valence-electron chi connectivity index (χ0n) is 17.2. The van der Waals surface area contributed by atoms with E-state index in [1.165, 1.54) is 0 Å². The zero-order valence-corrected chi connectivity index (χ0v) is 17.2. The molecule has 1 aromatic carbocycles. The topological polar surface area (TPSA) is 69.6 Å². The van der Waals surface area contributed by atoms with E-state index >= 15 is 0 Å². The number of carbonyl (C=O) groups is 1. The van der Waals surface area contributed by atoms with Gasteiger partial charge in [-0.25, -0.2) is 9.98 Å². The number of Topliss-reactive ketones (excluding diaryl/α,β-unsaturated/α-hetero) is 1. The highest BCUT2D eigenvalue weighted by atomic mass is 16.1. The molecular formula is C27H20N4O. The molecule has 154 valence electrons. The minimum Gasteiger partial charge on any atom is -0.369 e. The molecule has 0 spiro atoms. The van der Waals surface area contributed by atoms with Gasteiger partial charge in [-0.15, -0.1) is 0 Å². The molecule has 4 aliphatic rings. The van der Waals surface area contributed by atoms with Crippen LogP contribution < -0.4 is 16.0 Å². The largest absolute Gasteiger partial charge is 0.369 e. The number of hydrogen-bond donors (Lipinski definition) is 2. The summed E-state index contributed by atoms with van der Waals surface area (Å²) < 4.78 is 0. The van der Waals surface area contributed by atoms with E-state index in [-0.39, 0.29) is 5.78 Å². The van der Waals surface area contributed by atoms with Gasteiger partial charge in [0.2, 0.25) is 0 Å². The van der Waals surface area contributed by atoms with Gasteiger partial charge in [-0.1, -0.05) is 36.4 Å². The predicted molar refractivity (Wildman–Crippen MR) is 128 cm³/mol. The minimum atomic E-state index is -0.899. The third-order valence-corrected chi connectivity index (χ3v) is 5.85. The first kappa shape index (κ1) is 18.5. The van der Waals surface area contributed by atoms with Gasteiger partial charge in [-0.3, -0.25) is 4.79 Å². The molecule has 8 bridgehead atoms. The number of ketones is 1. The monoisotopic (exact) mass is 416 g/mol. The van der Waals surface area contributed by atoms with Crippen molar-refractivity contribution in [3.63, 3.8) is 0 Å². The molecule has 5 heterocycles. The van der Waals surface area contributed by atoms with Gasteiger partial charge in [0.25, 0.3) is 0 Å². The lowest BCUT2D eigenvalue weighted by Gasteiger charge is -2.26. The molecule has 0 saturated heterocycles. The number of aromatic nitrogens is 1. The van der Waals surface area contributed by atoms with Crippen molar-refractivity contribution in [2.75, 3.05) is 0 Å². The van der Waals surface area contributed by atoms with E-state index in [1.807, 2.05) is 91.1 Å². The first-order chi connectivity index (χ1) is 15.6. The maximum absolute atomic E-state index is 13.6. The van der Waals surface area contributed by atoms with Gasteiger partial charge in [0, 0.05) is 28.4 Å². The second-order valence-electron chi connectivity index (χ2n) is 8.19. The average molecular weight is 416 g/mol. The Hall–Kier alpha value is -4.25. The molecule has 1 atom stereocenters. The van der Waals surface area contributed by atoms with Crippen LogP contribution in [0.3, 0.4) is 0 Å². The van der Waals surface area contributed by atoms with Crippen LogP contribution in [0.15, 0.2) is 112 Å². The Balaban J connectivity index is 1.50. The Morgan fingerprint density at radius 3 is 2.25 bits per heavy atom. The van der Waals surface area contributed by atoms with Crippen LogP contribution in [0.5, 0.6) is 0 Å². The van der Waals surface area contributed by atoms with E-state index < -0.39 is 5.54 Å². The van der Waals surface area contributed by atoms with Crippen LogP contribution in [0.1, 0.15) is 16.8 Å². The van der Waals surface area contributed by atoms with Gasteiger partial charge in [0.1, 0.15) is 5.54 Å². The van der Waals surface area contributed by atoms with E-state index in [9.17, 15) is 4.79 Å². The molecule has 1 unspecified atom stereocenters. The summed E-state index contributed by atoms with van der Waals surface area (Å²) in [6, 6.07) is 13.4. The van der Waals surface area contributed by atoms with Gasteiger partial charge in [0.15, 0.2) is 5.78 Å². The first-order valence-electron chi connectivity index (χ1n) is 10.6. The van der Waals surface area contributed by atoms with Crippen molar-refractivity contribution in [1.82, 2.24) is 10.3 Å². The zero-order chi connectivity index (χ0) is 21.5. The molecule has 0 amide bonds. The summed E-state index contributed by atoms with van der Waals surface area (Å²) >= 11 is 0. The maximum Gasteiger partial charge on any atom is 0.192 e. The predicted octanol–water partition coefficient (Wildman–Crippen LogP) is 2.88. The molecule has 2 aromatic rings. The molecule has 5 nitrogen and oxygen atoms in total. The Morgan fingerprint density at radius 2 is 1.50 bits per heavy atom. The van der Waals surface area contributed by atoms with Crippen LogP contribution in [-0.2, 0) is 0 Å². The normalized spacial score (nSPS) is 28.1. The fraction of sp³-hybridized carbons (Fsp3) is 0.0741. The molecule has 6 rings (SSSR count). The fourth-order valence-electron chi connectivity index (χ4n) is 4.32. The lowest BCUT2D eigenvalue weighted by atomic mass is 9.87. The van der Waals surface area contributed by atoms with E-state index in [0.717, 1.165) is 39.2 Å². The molecule has 0 fully saturated rings. The van der Waals surface area contributed by atoms with Crippen LogP contribution in [0.2, 0.25) is 0 Å². The Morgan fingerprint density at radius 1 is 0.812 bits per heavy atom. The van der Waals surface area contributed by atoms with Crippen LogP contribution in [0.4, 0.5) is 0 Å². The first-order valence-corrected chi connectivity index (χ1v) is 10.6. The van der Waals surface area contributed by atoms with Crippen LogP contribution in [-0.4, -0.2) is 27.7 Å². The molecule has 4 aliphatic heterocycles. The van der Waals surface area contributed by atoms with Crippen molar-refractivity contribution in [2.45, 2.75) is 12.0 Å². The van der Waals surface area contributed by atoms with E-state index in [1.54, 1.807) is 0 Å². The Kier molecular flexibility index (Phi) is 4.15. The highest BCUT2D eigenvalue weighted by Gasteiger charge is 2.40. The third kappa shape index (κ3) is 3.34. The van der Waals surface area contributed by atoms with Gasteiger partial charge >= 0.3 is 0 Å². The Labute approximate surface area is 185 Å². The highest BCUT2D eigenvalue weighted by Crippen LogP contribution is 2.31. The van der Waals surface area contributed by atoms with Gasteiger partial charge in [-0.2, -0.15) is 0 Å². The molecular weight excluding hydrogens is 396 g/mol. The number of hydrogen-bond acceptors (Lipinski definition) is 4.